The van der Waals surface area contributed by atoms with Gasteiger partial charge in [-0.15, -0.1) is 24.8 Å². The van der Waals surface area contributed by atoms with Crippen molar-refractivity contribution in [2.24, 2.45) is 0 Å². The molecule has 0 aliphatic carbocycles. The second kappa shape index (κ2) is 14.7. The van der Waals surface area contributed by atoms with Crippen molar-refractivity contribution < 1.29 is 4.74 Å². The molecule has 0 spiro atoms. The molecule has 1 aliphatic heterocycles. The minimum atomic E-state index is 0. The molecule has 0 N–H and O–H groups in total. The van der Waals surface area contributed by atoms with Gasteiger partial charge in [-0.25, -0.2) is 0 Å². The van der Waals surface area contributed by atoms with Crippen LogP contribution in [-0.2, 0) is 12.8 Å². The Kier molecular flexibility index (Phi) is 13.0. The van der Waals surface area contributed by atoms with Gasteiger partial charge in [-0.3, -0.25) is 4.90 Å². The minimum absolute atomic E-state index is 0. The van der Waals surface area contributed by atoms with Crippen LogP contribution >= 0.6 is 24.8 Å². The minimum Gasteiger partial charge on any atom is -0.492 e. The number of aryl methyl sites for hydroxylation is 2. The lowest BCUT2D eigenvalue weighted by Gasteiger charge is -2.34. The van der Waals surface area contributed by atoms with Crippen molar-refractivity contribution in [3.63, 3.8) is 0 Å². The zero-order chi connectivity index (χ0) is 18.7. The molecule has 1 heterocycles. The molecule has 0 saturated carbocycles. The summed E-state index contributed by atoms with van der Waals surface area (Å²) in [7, 11) is 0. The van der Waals surface area contributed by atoms with Gasteiger partial charge in [-0.05, 0) is 49.1 Å². The highest BCUT2D eigenvalue weighted by Crippen LogP contribution is 2.13. The molecule has 0 amide bonds. The summed E-state index contributed by atoms with van der Waals surface area (Å²) in [6.45, 7) is 9.90. The molecule has 1 fully saturated rings. The predicted molar refractivity (Wildman–Crippen MR) is 128 cm³/mol. The Labute approximate surface area is 189 Å². The molecule has 0 unspecified atom stereocenters. The first kappa shape index (κ1) is 25.8. The molecule has 162 valence electrons. The lowest BCUT2D eigenvalue weighted by atomic mass is 10.1. The smallest absolute Gasteiger partial charge is 0.119 e. The van der Waals surface area contributed by atoms with E-state index in [0.717, 1.165) is 38.4 Å². The summed E-state index contributed by atoms with van der Waals surface area (Å²) in [6, 6.07) is 19.4. The summed E-state index contributed by atoms with van der Waals surface area (Å²) in [5, 5.41) is 0. The van der Waals surface area contributed by atoms with E-state index in [1.807, 2.05) is 0 Å². The van der Waals surface area contributed by atoms with E-state index in [2.05, 4.69) is 71.3 Å². The van der Waals surface area contributed by atoms with Crippen molar-refractivity contribution in [3.05, 3.63) is 65.7 Å². The summed E-state index contributed by atoms with van der Waals surface area (Å²) in [5.41, 5.74) is 2.85. The van der Waals surface area contributed by atoms with Crippen LogP contribution in [0.25, 0.3) is 0 Å². The number of benzene rings is 2. The summed E-state index contributed by atoms with van der Waals surface area (Å²) in [4.78, 5) is 5.13. The Hall–Kier alpha value is -1.26. The molecule has 0 bridgehead atoms. The van der Waals surface area contributed by atoms with Gasteiger partial charge < -0.3 is 9.64 Å². The fourth-order valence-electron chi connectivity index (χ4n) is 3.72. The molecule has 2 aromatic rings. The highest BCUT2D eigenvalue weighted by Gasteiger charge is 2.16. The van der Waals surface area contributed by atoms with E-state index in [-0.39, 0.29) is 24.8 Å². The third-order valence-electron chi connectivity index (χ3n) is 5.39. The molecule has 1 saturated heterocycles. The van der Waals surface area contributed by atoms with Crippen molar-refractivity contribution in [2.75, 3.05) is 45.9 Å². The second-order valence-electron chi connectivity index (χ2n) is 7.51. The first-order valence-electron chi connectivity index (χ1n) is 10.5. The van der Waals surface area contributed by atoms with Gasteiger partial charge in [-0.1, -0.05) is 55.8 Å². The van der Waals surface area contributed by atoms with Crippen molar-refractivity contribution >= 4 is 24.8 Å². The van der Waals surface area contributed by atoms with Gasteiger partial charge in [-0.2, -0.15) is 0 Å². The number of halogens is 2. The maximum atomic E-state index is 5.93. The van der Waals surface area contributed by atoms with Crippen LogP contribution in [-0.4, -0.2) is 55.7 Å². The van der Waals surface area contributed by atoms with Crippen molar-refractivity contribution in [1.29, 1.82) is 0 Å². The van der Waals surface area contributed by atoms with E-state index in [4.69, 9.17) is 4.74 Å². The average Bonchev–Trinajstić information content (AvgIpc) is 2.72. The van der Waals surface area contributed by atoms with Crippen LogP contribution in [0.2, 0.25) is 0 Å². The second-order valence-corrected chi connectivity index (χ2v) is 7.51. The fraction of sp³-hybridized carbons (Fsp3) is 0.500. The van der Waals surface area contributed by atoms with E-state index in [1.54, 1.807) is 0 Å². The fourth-order valence-corrected chi connectivity index (χ4v) is 3.72. The predicted octanol–water partition coefficient (Wildman–Crippen LogP) is 5.11. The van der Waals surface area contributed by atoms with Gasteiger partial charge in [0.05, 0.1) is 0 Å². The Morgan fingerprint density at radius 1 is 0.724 bits per heavy atom. The van der Waals surface area contributed by atoms with E-state index in [9.17, 15) is 0 Å². The zero-order valence-electron chi connectivity index (χ0n) is 17.6. The Bertz CT molecular complexity index is 644. The van der Waals surface area contributed by atoms with Crippen LogP contribution in [0, 0.1) is 0 Å². The van der Waals surface area contributed by atoms with E-state index in [1.165, 1.54) is 50.0 Å². The van der Waals surface area contributed by atoms with E-state index >= 15 is 0 Å². The Balaban J connectivity index is 0.00000210. The monoisotopic (exact) mass is 438 g/mol. The lowest BCUT2D eigenvalue weighted by molar-refractivity contribution is 0.116. The van der Waals surface area contributed by atoms with Crippen molar-refractivity contribution in [1.82, 2.24) is 9.80 Å². The molecular formula is C24H36Cl2N2O. The zero-order valence-corrected chi connectivity index (χ0v) is 19.2. The van der Waals surface area contributed by atoms with Crippen LogP contribution in [0.4, 0.5) is 0 Å². The summed E-state index contributed by atoms with van der Waals surface area (Å²) < 4.78 is 5.93. The number of hydrogen-bond acceptors (Lipinski definition) is 3. The highest BCUT2D eigenvalue weighted by molar-refractivity contribution is 5.85. The van der Waals surface area contributed by atoms with Gasteiger partial charge in [0.2, 0.25) is 0 Å². The van der Waals surface area contributed by atoms with Crippen LogP contribution in [0.5, 0.6) is 5.75 Å². The third-order valence-corrected chi connectivity index (χ3v) is 5.39. The summed E-state index contributed by atoms with van der Waals surface area (Å²) in [6.07, 6.45) is 4.78. The molecule has 0 aromatic heterocycles. The Morgan fingerprint density at radius 3 is 1.93 bits per heavy atom. The number of hydrogen-bond donors (Lipinski definition) is 0. The van der Waals surface area contributed by atoms with Crippen LogP contribution in [0.3, 0.4) is 0 Å². The third kappa shape index (κ3) is 9.39. The summed E-state index contributed by atoms with van der Waals surface area (Å²) in [5.74, 6) is 0.995. The van der Waals surface area contributed by atoms with Crippen molar-refractivity contribution in [3.8, 4) is 5.75 Å². The molecule has 5 heteroatoms. The van der Waals surface area contributed by atoms with Crippen LogP contribution < -0.4 is 4.74 Å². The van der Waals surface area contributed by atoms with Crippen molar-refractivity contribution in [2.45, 2.75) is 32.6 Å². The Morgan fingerprint density at radius 2 is 1.31 bits per heavy atom. The molecule has 3 nitrogen and oxygen atoms in total. The average molecular weight is 439 g/mol. The molecule has 29 heavy (non-hydrogen) atoms. The quantitative estimate of drug-likeness (QED) is 0.512. The molecule has 0 radical (unpaired) electrons. The number of nitrogens with zero attached hydrogens (tertiary/aromatic N) is 2. The molecular weight excluding hydrogens is 403 g/mol. The number of rotatable bonds is 10. The van der Waals surface area contributed by atoms with Crippen LogP contribution in [0.1, 0.15) is 30.9 Å². The molecule has 3 rings (SSSR count). The molecule has 2 aromatic carbocycles. The highest BCUT2D eigenvalue weighted by atomic mass is 35.5. The largest absolute Gasteiger partial charge is 0.492 e. The van der Waals surface area contributed by atoms with Crippen LogP contribution in [0.15, 0.2) is 54.6 Å². The van der Waals surface area contributed by atoms with Gasteiger partial charge in [0.15, 0.2) is 0 Å². The normalized spacial score (nSPS) is 14.7. The molecule has 0 atom stereocenters. The van der Waals surface area contributed by atoms with Gasteiger partial charge >= 0.3 is 0 Å². The number of ether oxygens (including phenoxy) is 1. The first-order valence-corrected chi connectivity index (χ1v) is 10.5. The van der Waals surface area contributed by atoms with E-state index < -0.39 is 0 Å². The molecule has 1 aliphatic rings. The standard InChI is InChI=1S/C24H34N2O.2ClH/c1-2-7-22-11-13-24(14-12-22)27-21-20-26-18-16-25(17-19-26)15-6-10-23-8-4-3-5-9-23;;/h3-5,8-9,11-14H,2,6-7,10,15-21H2,1H3;2*1H. The van der Waals surface area contributed by atoms with Gasteiger partial charge in [0.25, 0.3) is 0 Å². The maximum absolute atomic E-state index is 5.93. The lowest BCUT2D eigenvalue weighted by Crippen LogP contribution is -2.47. The maximum Gasteiger partial charge on any atom is 0.119 e. The van der Waals surface area contributed by atoms with Gasteiger partial charge in [0.1, 0.15) is 12.4 Å². The van der Waals surface area contributed by atoms with Gasteiger partial charge in [0, 0.05) is 32.7 Å². The summed E-state index contributed by atoms with van der Waals surface area (Å²) >= 11 is 0. The first-order chi connectivity index (χ1) is 13.3. The number of piperazine rings is 1. The van der Waals surface area contributed by atoms with E-state index in [0.29, 0.717) is 0 Å². The topological polar surface area (TPSA) is 15.7 Å². The SMILES string of the molecule is CCCc1ccc(OCCN2CCN(CCCc3ccccc3)CC2)cc1.Cl.Cl.